The average molecular weight is 331 g/mol. The molecule has 1 aromatic rings. The summed E-state index contributed by atoms with van der Waals surface area (Å²) >= 11 is 5.71. The molecule has 0 aliphatic heterocycles. The van der Waals surface area contributed by atoms with Gasteiger partial charge in [0.1, 0.15) is 6.79 Å². The predicted octanol–water partition coefficient (Wildman–Crippen LogP) is 3.94. The van der Waals surface area contributed by atoms with Crippen LogP contribution in [0, 0.1) is 0 Å². The van der Waals surface area contributed by atoms with E-state index < -0.39 is 0 Å². The van der Waals surface area contributed by atoms with Gasteiger partial charge in [0.2, 0.25) is 0 Å². The van der Waals surface area contributed by atoms with Gasteiger partial charge in [0.15, 0.2) is 0 Å². The molecule has 1 amide bonds. The van der Waals surface area contributed by atoms with Crippen molar-refractivity contribution in [2.24, 2.45) is 0 Å². The Morgan fingerprint density at radius 2 is 1.59 bits per heavy atom. The Balaban J connectivity index is -0.000000383. The van der Waals surface area contributed by atoms with Crippen LogP contribution < -0.4 is 10.6 Å². The van der Waals surface area contributed by atoms with Crippen LogP contribution in [-0.2, 0) is 4.79 Å². The number of hydrogen-bond acceptors (Lipinski definition) is 3. The SMILES string of the molecule is C=O.CC.CCCCNC(=O)c1ccc(Cl)cc1.CCNC. The molecule has 0 unspecified atom stereocenters. The van der Waals surface area contributed by atoms with E-state index in [1.54, 1.807) is 24.3 Å². The van der Waals surface area contributed by atoms with Crippen LogP contribution in [0.3, 0.4) is 0 Å². The molecular weight excluding hydrogens is 300 g/mol. The Kier molecular flexibility index (Phi) is 25.4. The number of halogens is 1. The summed E-state index contributed by atoms with van der Waals surface area (Å²) in [5, 5.41) is 6.42. The van der Waals surface area contributed by atoms with Crippen molar-refractivity contribution in [3.63, 3.8) is 0 Å². The summed E-state index contributed by atoms with van der Waals surface area (Å²) in [5.74, 6) is -0.0323. The molecule has 22 heavy (non-hydrogen) atoms. The Morgan fingerprint density at radius 1 is 1.14 bits per heavy atom. The molecule has 0 aromatic heterocycles. The molecular formula is C17H31ClN2O2. The van der Waals surface area contributed by atoms with Gasteiger partial charge in [-0.2, -0.15) is 0 Å². The van der Waals surface area contributed by atoms with Crippen molar-refractivity contribution in [3.05, 3.63) is 34.9 Å². The van der Waals surface area contributed by atoms with Gasteiger partial charge < -0.3 is 15.4 Å². The number of carbonyl (C=O) groups excluding carboxylic acids is 2. The minimum atomic E-state index is -0.0323. The molecule has 0 atom stereocenters. The van der Waals surface area contributed by atoms with Crippen LogP contribution in [0.2, 0.25) is 5.02 Å². The fourth-order valence-electron chi connectivity index (χ4n) is 1.08. The van der Waals surface area contributed by atoms with Crippen LogP contribution in [-0.4, -0.2) is 32.8 Å². The van der Waals surface area contributed by atoms with E-state index in [0.717, 1.165) is 25.9 Å². The number of hydrogen-bond donors (Lipinski definition) is 2. The molecule has 4 nitrogen and oxygen atoms in total. The second-order valence-electron chi connectivity index (χ2n) is 3.82. The van der Waals surface area contributed by atoms with Crippen molar-refractivity contribution < 1.29 is 9.59 Å². The first-order valence-corrected chi connectivity index (χ1v) is 8.00. The molecule has 2 N–H and O–H groups in total. The molecule has 0 fully saturated rings. The van der Waals surface area contributed by atoms with Crippen LogP contribution in [0.5, 0.6) is 0 Å². The van der Waals surface area contributed by atoms with E-state index in [1.165, 1.54) is 0 Å². The first-order chi connectivity index (χ1) is 10.7. The summed E-state index contributed by atoms with van der Waals surface area (Å²) in [6.45, 7) is 12.0. The highest BCUT2D eigenvalue weighted by molar-refractivity contribution is 6.30. The summed E-state index contributed by atoms with van der Waals surface area (Å²) in [4.78, 5) is 19.5. The second kappa shape index (κ2) is 21.9. The Hall–Kier alpha value is -1.39. The lowest BCUT2D eigenvalue weighted by molar-refractivity contribution is -0.0980. The van der Waals surface area contributed by atoms with Gasteiger partial charge in [0.05, 0.1) is 0 Å². The number of nitrogens with one attached hydrogen (secondary N) is 2. The Morgan fingerprint density at radius 3 is 1.95 bits per heavy atom. The van der Waals surface area contributed by atoms with E-state index in [0.29, 0.717) is 10.6 Å². The fraction of sp³-hybridized carbons (Fsp3) is 0.529. The first kappa shape index (κ1) is 25.6. The molecule has 0 spiro atoms. The summed E-state index contributed by atoms with van der Waals surface area (Å²) < 4.78 is 0. The molecule has 128 valence electrons. The molecule has 1 aromatic carbocycles. The number of rotatable bonds is 5. The van der Waals surface area contributed by atoms with Gasteiger partial charge in [-0.15, -0.1) is 0 Å². The molecule has 0 saturated heterocycles. The number of amides is 1. The van der Waals surface area contributed by atoms with Crippen LogP contribution in [0.15, 0.2) is 24.3 Å². The molecule has 0 saturated carbocycles. The van der Waals surface area contributed by atoms with Crippen molar-refractivity contribution in [2.45, 2.75) is 40.5 Å². The van der Waals surface area contributed by atoms with Crippen molar-refractivity contribution in [2.75, 3.05) is 20.1 Å². The van der Waals surface area contributed by atoms with E-state index in [2.05, 4.69) is 24.5 Å². The van der Waals surface area contributed by atoms with E-state index in [9.17, 15) is 4.79 Å². The number of benzene rings is 1. The standard InChI is InChI=1S/C11H14ClNO.C3H9N.C2H6.CH2O/c1-2-3-8-13-11(14)9-4-6-10(12)7-5-9;1-3-4-2;2*1-2/h4-7H,2-3,8H2,1H3,(H,13,14);4H,3H2,1-2H3;1-2H3;1H2. The topological polar surface area (TPSA) is 58.2 Å². The normalized spacial score (nSPS) is 8.09. The van der Waals surface area contributed by atoms with Crippen molar-refractivity contribution >= 4 is 24.3 Å². The van der Waals surface area contributed by atoms with Crippen molar-refractivity contribution in [1.29, 1.82) is 0 Å². The minimum absolute atomic E-state index is 0.0323. The molecule has 0 bridgehead atoms. The number of unbranched alkanes of at least 4 members (excludes halogenated alkanes) is 1. The fourth-order valence-corrected chi connectivity index (χ4v) is 1.21. The third-order valence-electron chi connectivity index (χ3n) is 2.28. The van der Waals surface area contributed by atoms with Crippen molar-refractivity contribution in [1.82, 2.24) is 10.6 Å². The third kappa shape index (κ3) is 16.7. The predicted molar refractivity (Wildman–Crippen MR) is 96.8 cm³/mol. The summed E-state index contributed by atoms with van der Waals surface area (Å²) in [7, 11) is 1.93. The molecule has 5 heteroatoms. The summed E-state index contributed by atoms with van der Waals surface area (Å²) in [5.41, 5.74) is 0.658. The van der Waals surface area contributed by atoms with E-state index >= 15 is 0 Å². The van der Waals surface area contributed by atoms with Gasteiger partial charge in [0, 0.05) is 17.1 Å². The largest absolute Gasteiger partial charge is 0.352 e. The molecule has 0 aliphatic rings. The maximum Gasteiger partial charge on any atom is 0.251 e. The van der Waals surface area contributed by atoms with Crippen LogP contribution >= 0.6 is 11.6 Å². The monoisotopic (exact) mass is 330 g/mol. The Bertz CT molecular complexity index is 341. The molecule has 0 aliphatic carbocycles. The zero-order valence-electron chi connectivity index (χ0n) is 14.5. The van der Waals surface area contributed by atoms with E-state index in [-0.39, 0.29) is 5.91 Å². The van der Waals surface area contributed by atoms with Gasteiger partial charge in [0.25, 0.3) is 5.91 Å². The lowest BCUT2D eigenvalue weighted by atomic mass is 10.2. The minimum Gasteiger partial charge on any atom is -0.352 e. The second-order valence-corrected chi connectivity index (χ2v) is 4.26. The zero-order valence-corrected chi connectivity index (χ0v) is 15.3. The molecule has 1 rings (SSSR count). The molecule has 0 radical (unpaired) electrons. The molecule has 0 heterocycles. The summed E-state index contributed by atoms with van der Waals surface area (Å²) in [6, 6.07) is 6.89. The van der Waals surface area contributed by atoms with Gasteiger partial charge in [-0.1, -0.05) is 45.7 Å². The lowest BCUT2D eigenvalue weighted by Crippen LogP contribution is -2.24. The Labute approximate surface area is 140 Å². The van der Waals surface area contributed by atoms with Crippen molar-refractivity contribution in [3.8, 4) is 0 Å². The highest BCUT2D eigenvalue weighted by Gasteiger charge is 2.02. The highest BCUT2D eigenvalue weighted by atomic mass is 35.5. The number of carbonyl (C=O) groups is 2. The average Bonchev–Trinajstić information content (AvgIpc) is 2.59. The maximum absolute atomic E-state index is 11.5. The highest BCUT2D eigenvalue weighted by Crippen LogP contribution is 2.09. The van der Waals surface area contributed by atoms with Crippen LogP contribution in [0.25, 0.3) is 0 Å². The lowest BCUT2D eigenvalue weighted by Gasteiger charge is -2.03. The van der Waals surface area contributed by atoms with Gasteiger partial charge in [-0.25, -0.2) is 0 Å². The summed E-state index contributed by atoms with van der Waals surface area (Å²) in [6.07, 6.45) is 2.10. The third-order valence-corrected chi connectivity index (χ3v) is 2.53. The smallest absolute Gasteiger partial charge is 0.251 e. The first-order valence-electron chi connectivity index (χ1n) is 7.62. The van der Waals surface area contributed by atoms with Gasteiger partial charge >= 0.3 is 0 Å². The van der Waals surface area contributed by atoms with E-state index in [4.69, 9.17) is 16.4 Å². The van der Waals surface area contributed by atoms with E-state index in [1.807, 2.05) is 27.7 Å². The van der Waals surface area contributed by atoms with Crippen LogP contribution in [0.4, 0.5) is 0 Å². The zero-order chi connectivity index (χ0) is 17.8. The maximum atomic E-state index is 11.5. The van der Waals surface area contributed by atoms with Gasteiger partial charge in [-0.3, -0.25) is 4.79 Å². The quantitative estimate of drug-likeness (QED) is 0.804. The van der Waals surface area contributed by atoms with Gasteiger partial charge in [-0.05, 0) is 44.3 Å². The van der Waals surface area contributed by atoms with Crippen LogP contribution in [0.1, 0.15) is 50.9 Å².